The quantitative estimate of drug-likeness (QED) is 0.823. The Morgan fingerprint density at radius 2 is 1.48 bits per heavy atom. The predicted molar refractivity (Wildman–Crippen MR) is 100 cm³/mol. The van der Waals surface area contributed by atoms with E-state index in [2.05, 4.69) is 5.32 Å². The summed E-state index contributed by atoms with van der Waals surface area (Å²) >= 11 is 0. The maximum atomic E-state index is 12.5. The molecule has 0 aliphatic carbocycles. The van der Waals surface area contributed by atoms with Crippen molar-refractivity contribution in [1.29, 1.82) is 0 Å². The lowest BCUT2D eigenvalue weighted by Crippen LogP contribution is -2.28. The van der Waals surface area contributed by atoms with E-state index < -0.39 is 10.0 Å². The zero-order valence-electron chi connectivity index (χ0n) is 14.8. The van der Waals surface area contributed by atoms with E-state index in [1.807, 2.05) is 38.1 Å². The zero-order valence-corrected chi connectivity index (χ0v) is 15.6. The SMILES string of the molecule is Cc1ccc(NC(=O)CCCN(C)S(=O)(=O)c2ccc(C)cc2)cc1. The van der Waals surface area contributed by atoms with Gasteiger partial charge in [0.05, 0.1) is 4.90 Å². The summed E-state index contributed by atoms with van der Waals surface area (Å²) < 4.78 is 26.2. The molecule has 0 aromatic heterocycles. The predicted octanol–water partition coefficient (Wildman–Crippen LogP) is 3.34. The third-order valence-electron chi connectivity index (χ3n) is 3.94. The number of benzene rings is 2. The maximum absolute atomic E-state index is 12.5. The van der Waals surface area contributed by atoms with Crippen LogP contribution in [0.4, 0.5) is 5.69 Å². The molecule has 0 atom stereocenters. The second kappa shape index (κ2) is 8.27. The molecule has 0 heterocycles. The Hall–Kier alpha value is -2.18. The number of amides is 1. The van der Waals surface area contributed by atoms with Gasteiger partial charge in [-0.15, -0.1) is 0 Å². The average Bonchev–Trinajstić information content (AvgIpc) is 2.57. The number of nitrogens with one attached hydrogen (secondary N) is 1. The Kier molecular flexibility index (Phi) is 6.33. The van der Waals surface area contributed by atoms with E-state index in [-0.39, 0.29) is 23.8 Å². The molecule has 1 N–H and O–H groups in total. The highest BCUT2D eigenvalue weighted by atomic mass is 32.2. The largest absolute Gasteiger partial charge is 0.326 e. The standard InChI is InChI=1S/C19H24N2O3S/c1-15-6-10-17(11-7-15)20-19(22)5-4-14-21(3)25(23,24)18-12-8-16(2)9-13-18/h6-13H,4-5,14H2,1-3H3,(H,20,22). The highest BCUT2D eigenvalue weighted by Gasteiger charge is 2.20. The van der Waals surface area contributed by atoms with Crippen molar-refractivity contribution in [2.45, 2.75) is 31.6 Å². The molecule has 0 saturated heterocycles. The van der Waals surface area contributed by atoms with Gasteiger partial charge in [0.2, 0.25) is 15.9 Å². The third kappa shape index (κ3) is 5.41. The number of hydrogen-bond acceptors (Lipinski definition) is 3. The number of rotatable bonds is 7. The molecule has 0 unspecified atom stereocenters. The van der Waals surface area contributed by atoms with Crippen molar-refractivity contribution in [2.75, 3.05) is 18.9 Å². The fourth-order valence-corrected chi connectivity index (χ4v) is 3.54. The van der Waals surface area contributed by atoms with E-state index >= 15 is 0 Å². The van der Waals surface area contributed by atoms with Crippen LogP contribution < -0.4 is 5.32 Å². The van der Waals surface area contributed by atoms with Gasteiger partial charge in [0.15, 0.2) is 0 Å². The van der Waals surface area contributed by atoms with Crippen molar-refractivity contribution in [3.05, 3.63) is 59.7 Å². The minimum absolute atomic E-state index is 0.120. The number of aryl methyl sites for hydroxylation is 2. The monoisotopic (exact) mass is 360 g/mol. The summed E-state index contributed by atoms with van der Waals surface area (Å²) in [7, 11) is -1.98. The van der Waals surface area contributed by atoms with Crippen molar-refractivity contribution >= 4 is 21.6 Å². The molecule has 0 bridgehead atoms. The van der Waals surface area contributed by atoms with E-state index in [9.17, 15) is 13.2 Å². The summed E-state index contributed by atoms with van der Waals surface area (Å²) in [6.45, 7) is 4.18. The first-order chi connectivity index (χ1) is 11.8. The Bertz CT molecular complexity index is 813. The summed E-state index contributed by atoms with van der Waals surface area (Å²) in [6.07, 6.45) is 0.723. The van der Waals surface area contributed by atoms with Crippen LogP contribution in [0.15, 0.2) is 53.4 Å². The Balaban J connectivity index is 1.84. The smallest absolute Gasteiger partial charge is 0.242 e. The molecule has 0 fully saturated rings. The lowest BCUT2D eigenvalue weighted by atomic mass is 10.2. The molecule has 134 valence electrons. The topological polar surface area (TPSA) is 66.5 Å². The van der Waals surface area contributed by atoms with Crippen LogP contribution in [0, 0.1) is 13.8 Å². The summed E-state index contributed by atoms with van der Waals surface area (Å²) in [6, 6.07) is 14.3. The van der Waals surface area contributed by atoms with E-state index in [0.29, 0.717) is 6.42 Å². The van der Waals surface area contributed by atoms with Gasteiger partial charge in [0, 0.05) is 25.7 Å². The molecular weight excluding hydrogens is 336 g/mol. The minimum atomic E-state index is -3.52. The molecular formula is C19H24N2O3S. The van der Waals surface area contributed by atoms with Crippen molar-refractivity contribution in [3.8, 4) is 0 Å². The normalized spacial score (nSPS) is 11.5. The van der Waals surface area contributed by atoms with Crippen molar-refractivity contribution < 1.29 is 13.2 Å². The fraction of sp³-hybridized carbons (Fsp3) is 0.316. The van der Waals surface area contributed by atoms with Crippen LogP contribution in [0.3, 0.4) is 0 Å². The number of anilines is 1. The average molecular weight is 360 g/mol. The summed E-state index contributed by atoms with van der Waals surface area (Å²) in [5.41, 5.74) is 2.88. The fourth-order valence-electron chi connectivity index (χ4n) is 2.33. The molecule has 1 amide bonds. The number of nitrogens with zero attached hydrogens (tertiary/aromatic N) is 1. The molecule has 0 radical (unpaired) electrons. The molecule has 25 heavy (non-hydrogen) atoms. The number of carbonyl (C=O) groups is 1. The number of sulfonamides is 1. The van der Waals surface area contributed by atoms with E-state index in [4.69, 9.17) is 0 Å². The number of carbonyl (C=O) groups excluding carboxylic acids is 1. The summed E-state index contributed by atoms with van der Waals surface area (Å²) in [4.78, 5) is 12.2. The van der Waals surface area contributed by atoms with E-state index in [1.165, 1.54) is 11.4 Å². The van der Waals surface area contributed by atoms with Crippen molar-refractivity contribution in [3.63, 3.8) is 0 Å². The van der Waals surface area contributed by atoms with E-state index in [0.717, 1.165) is 16.8 Å². The van der Waals surface area contributed by atoms with Gasteiger partial charge >= 0.3 is 0 Å². The van der Waals surface area contributed by atoms with E-state index in [1.54, 1.807) is 24.3 Å². The van der Waals surface area contributed by atoms with Gasteiger partial charge < -0.3 is 5.32 Å². The Morgan fingerprint density at radius 3 is 2.04 bits per heavy atom. The highest BCUT2D eigenvalue weighted by molar-refractivity contribution is 7.89. The van der Waals surface area contributed by atoms with Gasteiger partial charge in [-0.1, -0.05) is 35.4 Å². The molecule has 2 aromatic rings. The second-order valence-corrected chi connectivity index (χ2v) is 8.20. The van der Waals surface area contributed by atoms with Crippen molar-refractivity contribution in [2.24, 2.45) is 0 Å². The first kappa shape index (κ1) is 19.1. The first-order valence-electron chi connectivity index (χ1n) is 8.18. The lowest BCUT2D eigenvalue weighted by molar-refractivity contribution is -0.116. The Morgan fingerprint density at radius 1 is 0.960 bits per heavy atom. The molecule has 0 aliphatic heterocycles. The third-order valence-corrected chi connectivity index (χ3v) is 5.81. The first-order valence-corrected chi connectivity index (χ1v) is 9.62. The van der Waals surface area contributed by atoms with Crippen molar-refractivity contribution in [1.82, 2.24) is 4.31 Å². The minimum Gasteiger partial charge on any atom is -0.326 e. The van der Waals surface area contributed by atoms with Crippen LogP contribution in [-0.2, 0) is 14.8 Å². The van der Waals surface area contributed by atoms with Crippen LogP contribution in [0.5, 0.6) is 0 Å². The van der Waals surface area contributed by atoms with Crippen LogP contribution >= 0.6 is 0 Å². The lowest BCUT2D eigenvalue weighted by Gasteiger charge is -2.17. The van der Waals surface area contributed by atoms with Gasteiger partial charge in [-0.25, -0.2) is 12.7 Å². The maximum Gasteiger partial charge on any atom is 0.242 e. The van der Waals surface area contributed by atoms with Crippen LogP contribution in [0.2, 0.25) is 0 Å². The number of hydrogen-bond donors (Lipinski definition) is 1. The second-order valence-electron chi connectivity index (χ2n) is 6.16. The van der Waals surface area contributed by atoms with Crippen LogP contribution in [0.1, 0.15) is 24.0 Å². The molecule has 0 saturated carbocycles. The molecule has 0 spiro atoms. The van der Waals surface area contributed by atoms with Gasteiger partial charge in [0.25, 0.3) is 0 Å². The van der Waals surface area contributed by atoms with Crippen LogP contribution in [-0.4, -0.2) is 32.2 Å². The van der Waals surface area contributed by atoms with Gasteiger partial charge in [-0.05, 0) is 44.5 Å². The Labute approximate surface area is 149 Å². The summed E-state index contributed by atoms with van der Waals surface area (Å²) in [5, 5.41) is 2.81. The highest BCUT2D eigenvalue weighted by Crippen LogP contribution is 2.16. The molecule has 0 aliphatic rings. The molecule has 2 aromatic carbocycles. The van der Waals surface area contributed by atoms with Crippen LogP contribution in [0.25, 0.3) is 0 Å². The summed E-state index contributed by atoms with van der Waals surface area (Å²) in [5.74, 6) is -0.120. The zero-order chi connectivity index (χ0) is 18.4. The molecule has 2 rings (SSSR count). The van der Waals surface area contributed by atoms with Gasteiger partial charge in [0.1, 0.15) is 0 Å². The molecule has 5 nitrogen and oxygen atoms in total. The molecule has 6 heteroatoms. The van der Waals surface area contributed by atoms with Gasteiger partial charge in [-0.2, -0.15) is 0 Å². The van der Waals surface area contributed by atoms with Gasteiger partial charge in [-0.3, -0.25) is 4.79 Å².